The number of allylic oxidation sites excluding steroid dienone is 1. The average Bonchev–Trinajstić information content (AvgIpc) is 2.38. The third-order valence-electron chi connectivity index (χ3n) is 4.03. The summed E-state index contributed by atoms with van der Waals surface area (Å²) in [6, 6.07) is 10.5. The molecule has 1 aliphatic carbocycles. The number of aryl methyl sites for hydroxylation is 2. The highest BCUT2D eigenvalue weighted by Gasteiger charge is 2.22. The van der Waals surface area contributed by atoms with E-state index in [2.05, 4.69) is 44.7 Å². The molecule has 2 aromatic carbocycles. The highest BCUT2D eigenvalue weighted by molar-refractivity contribution is 5.90. The van der Waals surface area contributed by atoms with Gasteiger partial charge in [-0.1, -0.05) is 49.8 Å². The van der Waals surface area contributed by atoms with Crippen molar-refractivity contribution in [2.45, 2.75) is 33.1 Å². The fourth-order valence-corrected chi connectivity index (χ4v) is 3.13. The van der Waals surface area contributed by atoms with Gasteiger partial charge < -0.3 is 5.11 Å². The van der Waals surface area contributed by atoms with Crippen LogP contribution in [0.2, 0.25) is 0 Å². The van der Waals surface area contributed by atoms with Crippen LogP contribution in [0.25, 0.3) is 16.7 Å². The predicted molar refractivity (Wildman–Crippen MR) is 85.0 cm³/mol. The van der Waals surface area contributed by atoms with E-state index in [9.17, 15) is 5.11 Å². The Morgan fingerprint density at radius 3 is 2.70 bits per heavy atom. The summed E-state index contributed by atoms with van der Waals surface area (Å²) in [6.07, 6.45) is 2.93. The number of phenols is 1. The Morgan fingerprint density at radius 2 is 1.95 bits per heavy atom. The van der Waals surface area contributed by atoms with Gasteiger partial charge in [0.05, 0.1) is 0 Å². The average molecular weight is 264 g/mol. The van der Waals surface area contributed by atoms with E-state index in [0.29, 0.717) is 5.75 Å². The number of phenolic OH excluding ortho intramolecular Hbond substituents is 1. The molecular formula is C19H20O. The monoisotopic (exact) mass is 264 g/mol. The largest absolute Gasteiger partial charge is 0.507 e. The first-order valence-electron chi connectivity index (χ1n) is 7.24. The summed E-state index contributed by atoms with van der Waals surface area (Å²) in [5.41, 5.74) is 8.06. The topological polar surface area (TPSA) is 20.2 Å². The number of fused-ring (bicyclic) bond motifs is 3. The van der Waals surface area contributed by atoms with E-state index in [0.717, 1.165) is 36.0 Å². The summed E-state index contributed by atoms with van der Waals surface area (Å²) in [7, 11) is 0. The Labute approximate surface area is 120 Å². The normalized spacial score (nSPS) is 13.0. The van der Waals surface area contributed by atoms with E-state index in [4.69, 9.17) is 0 Å². The van der Waals surface area contributed by atoms with Crippen LogP contribution < -0.4 is 0 Å². The van der Waals surface area contributed by atoms with Crippen LogP contribution in [0.15, 0.2) is 36.9 Å². The molecule has 102 valence electrons. The number of aromatic hydroxyl groups is 1. The first-order valence-corrected chi connectivity index (χ1v) is 7.24. The fraction of sp³-hybridized carbons (Fsp3) is 0.263. The summed E-state index contributed by atoms with van der Waals surface area (Å²) < 4.78 is 0. The molecular weight excluding hydrogens is 244 g/mol. The van der Waals surface area contributed by atoms with Gasteiger partial charge in [0.1, 0.15) is 5.75 Å². The van der Waals surface area contributed by atoms with Gasteiger partial charge in [0.25, 0.3) is 0 Å². The molecule has 0 unspecified atom stereocenters. The van der Waals surface area contributed by atoms with E-state index in [1.165, 1.54) is 22.3 Å². The van der Waals surface area contributed by atoms with E-state index >= 15 is 0 Å². The highest BCUT2D eigenvalue weighted by Crippen LogP contribution is 2.44. The molecule has 2 aromatic rings. The van der Waals surface area contributed by atoms with Crippen molar-refractivity contribution < 1.29 is 5.11 Å². The van der Waals surface area contributed by atoms with Crippen LogP contribution in [0.5, 0.6) is 5.75 Å². The molecule has 1 nitrogen and oxygen atoms in total. The molecule has 0 aromatic heterocycles. The molecule has 3 rings (SSSR count). The Bertz CT molecular complexity index is 695. The molecule has 0 saturated heterocycles. The highest BCUT2D eigenvalue weighted by atomic mass is 16.3. The number of hydrogen-bond acceptors (Lipinski definition) is 1. The minimum absolute atomic E-state index is 0.408. The third-order valence-corrected chi connectivity index (χ3v) is 4.03. The minimum Gasteiger partial charge on any atom is -0.507 e. The maximum absolute atomic E-state index is 10.5. The van der Waals surface area contributed by atoms with Crippen molar-refractivity contribution in [3.63, 3.8) is 0 Å². The minimum atomic E-state index is 0.408. The number of rotatable bonds is 2. The molecule has 1 N–H and O–H groups in total. The van der Waals surface area contributed by atoms with E-state index < -0.39 is 0 Å². The SMILES string of the molecule is C=C1Cc2cc(CCC)cc(O)c2-c2cc(C)ccc21. The maximum atomic E-state index is 10.5. The lowest BCUT2D eigenvalue weighted by molar-refractivity contribution is 0.476. The van der Waals surface area contributed by atoms with Gasteiger partial charge in [0, 0.05) is 5.56 Å². The molecule has 0 fully saturated rings. The van der Waals surface area contributed by atoms with Gasteiger partial charge in [0.2, 0.25) is 0 Å². The zero-order valence-electron chi connectivity index (χ0n) is 12.2. The molecule has 1 aliphatic rings. The van der Waals surface area contributed by atoms with Crippen molar-refractivity contribution in [3.8, 4) is 16.9 Å². The summed E-state index contributed by atoms with van der Waals surface area (Å²) in [5.74, 6) is 0.408. The molecule has 0 spiro atoms. The Hall–Kier alpha value is -2.02. The maximum Gasteiger partial charge on any atom is 0.123 e. The number of hydrogen-bond donors (Lipinski definition) is 1. The molecule has 20 heavy (non-hydrogen) atoms. The smallest absolute Gasteiger partial charge is 0.123 e. The Balaban J connectivity index is 2.24. The second-order valence-electron chi connectivity index (χ2n) is 5.73. The Kier molecular flexibility index (Phi) is 3.13. The molecule has 0 amide bonds. The first kappa shape index (κ1) is 13.0. The van der Waals surface area contributed by atoms with Crippen molar-refractivity contribution >= 4 is 5.57 Å². The fourth-order valence-electron chi connectivity index (χ4n) is 3.13. The summed E-state index contributed by atoms with van der Waals surface area (Å²) >= 11 is 0. The van der Waals surface area contributed by atoms with Gasteiger partial charge in [-0.15, -0.1) is 0 Å². The molecule has 0 heterocycles. The van der Waals surface area contributed by atoms with E-state index in [-0.39, 0.29) is 0 Å². The second kappa shape index (κ2) is 4.82. The molecule has 0 atom stereocenters. The lowest BCUT2D eigenvalue weighted by atomic mass is 9.81. The molecule has 0 saturated carbocycles. The first-order chi connectivity index (χ1) is 9.60. The zero-order chi connectivity index (χ0) is 14.3. The number of benzene rings is 2. The predicted octanol–water partition coefficient (Wildman–Crippen LogP) is 4.89. The standard InChI is InChI=1S/C19H20O/c1-4-5-14-10-15-9-13(3)16-7-6-12(2)8-17(16)19(15)18(20)11-14/h6-8,10-11,20H,3-5,9H2,1-2H3. The van der Waals surface area contributed by atoms with Crippen LogP contribution in [-0.2, 0) is 12.8 Å². The van der Waals surface area contributed by atoms with Gasteiger partial charge in [-0.05, 0) is 53.7 Å². The van der Waals surface area contributed by atoms with Gasteiger partial charge in [0.15, 0.2) is 0 Å². The summed E-state index contributed by atoms with van der Waals surface area (Å²) in [4.78, 5) is 0. The van der Waals surface area contributed by atoms with E-state index in [1.54, 1.807) is 0 Å². The summed E-state index contributed by atoms with van der Waals surface area (Å²) in [5, 5.41) is 10.5. The lowest BCUT2D eigenvalue weighted by Gasteiger charge is -2.24. The van der Waals surface area contributed by atoms with Crippen LogP contribution in [-0.4, -0.2) is 5.11 Å². The quantitative estimate of drug-likeness (QED) is 0.818. The van der Waals surface area contributed by atoms with Gasteiger partial charge >= 0.3 is 0 Å². The van der Waals surface area contributed by atoms with Crippen LogP contribution in [0.3, 0.4) is 0 Å². The van der Waals surface area contributed by atoms with Gasteiger partial charge in [-0.3, -0.25) is 0 Å². The molecule has 0 aliphatic heterocycles. The van der Waals surface area contributed by atoms with Crippen molar-refractivity contribution in [1.82, 2.24) is 0 Å². The van der Waals surface area contributed by atoms with Crippen LogP contribution in [0.1, 0.15) is 35.6 Å². The molecule has 0 bridgehead atoms. The second-order valence-corrected chi connectivity index (χ2v) is 5.73. The van der Waals surface area contributed by atoms with Crippen molar-refractivity contribution in [1.29, 1.82) is 0 Å². The van der Waals surface area contributed by atoms with Crippen LogP contribution >= 0.6 is 0 Å². The lowest BCUT2D eigenvalue weighted by Crippen LogP contribution is -2.04. The van der Waals surface area contributed by atoms with Crippen LogP contribution in [0, 0.1) is 6.92 Å². The zero-order valence-corrected chi connectivity index (χ0v) is 12.2. The summed E-state index contributed by atoms with van der Waals surface area (Å²) in [6.45, 7) is 8.45. The van der Waals surface area contributed by atoms with Gasteiger partial charge in [-0.2, -0.15) is 0 Å². The van der Waals surface area contributed by atoms with Gasteiger partial charge in [-0.25, -0.2) is 0 Å². The van der Waals surface area contributed by atoms with Crippen LogP contribution in [0.4, 0.5) is 0 Å². The van der Waals surface area contributed by atoms with Crippen molar-refractivity contribution in [3.05, 3.63) is 59.2 Å². The third kappa shape index (κ3) is 2.03. The van der Waals surface area contributed by atoms with Crippen molar-refractivity contribution in [2.75, 3.05) is 0 Å². The van der Waals surface area contributed by atoms with E-state index in [1.807, 2.05) is 6.07 Å². The Morgan fingerprint density at radius 1 is 1.15 bits per heavy atom. The molecule has 0 radical (unpaired) electrons. The van der Waals surface area contributed by atoms with Crippen molar-refractivity contribution in [2.24, 2.45) is 0 Å². The molecule has 1 heteroatoms.